The van der Waals surface area contributed by atoms with Crippen molar-refractivity contribution in [3.8, 4) is 0 Å². The molecule has 3 nitrogen and oxygen atoms in total. The summed E-state index contributed by atoms with van der Waals surface area (Å²) in [5.41, 5.74) is 2.21. The Bertz CT molecular complexity index is 364. The van der Waals surface area contributed by atoms with Gasteiger partial charge in [-0.1, -0.05) is 6.92 Å². The van der Waals surface area contributed by atoms with Gasteiger partial charge >= 0.3 is 0 Å². The molecule has 0 unspecified atom stereocenters. The summed E-state index contributed by atoms with van der Waals surface area (Å²) in [5.74, 6) is 0. The lowest BCUT2D eigenvalue weighted by Gasteiger charge is -1.89. The molecule has 2 aromatic heterocycles. The minimum atomic E-state index is 0.928. The second kappa shape index (κ2) is 2.34. The van der Waals surface area contributed by atoms with E-state index in [9.17, 15) is 0 Å². The molecule has 0 aliphatic rings. The number of hydrogen-bond donors (Lipinski definition) is 1. The maximum Gasteiger partial charge on any atom is 0.140 e. The Morgan fingerprint density at radius 2 is 2.45 bits per heavy atom. The Kier molecular flexibility index (Phi) is 1.35. The molecule has 2 rings (SSSR count). The predicted octanol–water partition coefficient (Wildman–Crippen LogP) is 1.52. The minimum Gasteiger partial charge on any atom is -0.346 e. The van der Waals surface area contributed by atoms with E-state index in [2.05, 4.69) is 21.9 Å². The molecule has 3 heteroatoms. The largest absolute Gasteiger partial charge is 0.346 e. The average molecular weight is 147 g/mol. The van der Waals surface area contributed by atoms with Crippen LogP contribution >= 0.6 is 0 Å². The highest BCUT2D eigenvalue weighted by atomic mass is 14.9. The first kappa shape index (κ1) is 6.34. The first-order valence-corrected chi connectivity index (χ1v) is 3.67. The van der Waals surface area contributed by atoms with Crippen LogP contribution in [-0.4, -0.2) is 15.0 Å². The lowest BCUT2D eigenvalue weighted by molar-refractivity contribution is 1.15. The second-order valence-corrected chi connectivity index (χ2v) is 2.45. The summed E-state index contributed by atoms with van der Waals surface area (Å²) < 4.78 is 0. The van der Waals surface area contributed by atoms with Crippen molar-refractivity contribution < 1.29 is 0 Å². The van der Waals surface area contributed by atoms with Crippen LogP contribution in [0.3, 0.4) is 0 Å². The molecule has 0 saturated carbocycles. The molecule has 0 fully saturated rings. The third kappa shape index (κ3) is 0.888. The lowest BCUT2D eigenvalue weighted by atomic mass is 10.2. The molecule has 0 radical (unpaired) electrons. The molecular weight excluding hydrogens is 138 g/mol. The smallest absolute Gasteiger partial charge is 0.140 e. The summed E-state index contributed by atoms with van der Waals surface area (Å²) in [6, 6.07) is 0. The van der Waals surface area contributed by atoms with Gasteiger partial charge in [0, 0.05) is 17.8 Å². The van der Waals surface area contributed by atoms with E-state index >= 15 is 0 Å². The molecule has 2 aromatic rings. The minimum absolute atomic E-state index is 0.928. The summed E-state index contributed by atoms with van der Waals surface area (Å²) in [6.07, 6.45) is 6.41. The van der Waals surface area contributed by atoms with Crippen molar-refractivity contribution in [3.63, 3.8) is 0 Å². The van der Waals surface area contributed by atoms with Crippen LogP contribution in [0.5, 0.6) is 0 Å². The highest BCUT2D eigenvalue weighted by Gasteiger charge is 2.00. The third-order valence-corrected chi connectivity index (χ3v) is 1.82. The van der Waals surface area contributed by atoms with Crippen LogP contribution in [0.2, 0.25) is 0 Å². The first-order chi connectivity index (χ1) is 5.42. The zero-order valence-corrected chi connectivity index (χ0v) is 6.33. The maximum absolute atomic E-state index is 4.08. The van der Waals surface area contributed by atoms with Gasteiger partial charge in [-0.15, -0.1) is 0 Å². The quantitative estimate of drug-likeness (QED) is 0.664. The van der Waals surface area contributed by atoms with Crippen molar-refractivity contribution in [1.29, 1.82) is 0 Å². The van der Waals surface area contributed by atoms with Crippen LogP contribution in [-0.2, 0) is 6.42 Å². The molecule has 0 saturated heterocycles. The summed E-state index contributed by atoms with van der Waals surface area (Å²) in [6.45, 7) is 2.12. The van der Waals surface area contributed by atoms with Crippen LogP contribution in [0.15, 0.2) is 18.7 Å². The van der Waals surface area contributed by atoms with Crippen LogP contribution < -0.4 is 0 Å². The molecule has 1 N–H and O–H groups in total. The van der Waals surface area contributed by atoms with Gasteiger partial charge in [-0.3, -0.25) is 0 Å². The van der Waals surface area contributed by atoms with Crippen molar-refractivity contribution in [3.05, 3.63) is 24.3 Å². The summed E-state index contributed by atoms with van der Waals surface area (Å²) >= 11 is 0. The number of fused-ring (bicyclic) bond motifs is 1. The van der Waals surface area contributed by atoms with Crippen molar-refractivity contribution in [2.45, 2.75) is 13.3 Å². The number of hydrogen-bond acceptors (Lipinski definition) is 2. The highest BCUT2D eigenvalue weighted by Crippen LogP contribution is 2.13. The number of H-pyrrole nitrogens is 1. The van der Waals surface area contributed by atoms with Gasteiger partial charge in [-0.25, -0.2) is 9.97 Å². The van der Waals surface area contributed by atoms with E-state index < -0.39 is 0 Å². The van der Waals surface area contributed by atoms with Crippen LogP contribution in [0.25, 0.3) is 11.0 Å². The molecule has 0 aromatic carbocycles. The zero-order valence-electron chi connectivity index (χ0n) is 6.33. The summed E-state index contributed by atoms with van der Waals surface area (Å²) in [7, 11) is 0. The van der Waals surface area contributed by atoms with Crippen molar-refractivity contribution in [1.82, 2.24) is 15.0 Å². The van der Waals surface area contributed by atoms with Gasteiger partial charge in [-0.05, 0) is 12.0 Å². The van der Waals surface area contributed by atoms with E-state index in [4.69, 9.17) is 0 Å². The fourth-order valence-corrected chi connectivity index (χ4v) is 1.21. The second-order valence-electron chi connectivity index (χ2n) is 2.45. The molecule has 0 aliphatic carbocycles. The van der Waals surface area contributed by atoms with Crippen molar-refractivity contribution in [2.24, 2.45) is 0 Å². The molecule has 11 heavy (non-hydrogen) atoms. The fourth-order valence-electron chi connectivity index (χ4n) is 1.21. The van der Waals surface area contributed by atoms with Crippen molar-refractivity contribution >= 4 is 11.0 Å². The van der Waals surface area contributed by atoms with Crippen molar-refractivity contribution in [2.75, 3.05) is 0 Å². The Hall–Kier alpha value is -1.38. The van der Waals surface area contributed by atoms with Gasteiger partial charge in [-0.2, -0.15) is 0 Å². The van der Waals surface area contributed by atoms with E-state index in [0.29, 0.717) is 0 Å². The van der Waals surface area contributed by atoms with Crippen LogP contribution in [0.1, 0.15) is 12.5 Å². The number of rotatable bonds is 1. The fraction of sp³-hybridized carbons (Fsp3) is 0.250. The number of nitrogens with one attached hydrogen (secondary N) is 1. The predicted molar refractivity (Wildman–Crippen MR) is 43.3 cm³/mol. The Balaban J connectivity index is 2.76. The highest BCUT2D eigenvalue weighted by molar-refractivity contribution is 5.78. The monoisotopic (exact) mass is 147 g/mol. The number of nitrogens with zero attached hydrogens (tertiary/aromatic N) is 2. The van der Waals surface area contributed by atoms with E-state index in [-0.39, 0.29) is 0 Å². The molecular formula is C8H9N3. The average Bonchev–Trinajstić information content (AvgIpc) is 2.47. The summed E-state index contributed by atoms with van der Waals surface area (Å²) in [4.78, 5) is 11.1. The SMILES string of the molecule is CCc1c[nH]c2ncncc12. The summed E-state index contributed by atoms with van der Waals surface area (Å²) in [5, 5.41) is 1.13. The van der Waals surface area contributed by atoms with Gasteiger partial charge in [0.1, 0.15) is 12.0 Å². The van der Waals surface area contributed by atoms with Gasteiger partial charge in [0.2, 0.25) is 0 Å². The normalized spacial score (nSPS) is 10.6. The standard InChI is InChI=1S/C8H9N3/c1-2-6-3-10-8-7(6)4-9-5-11-8/h3-5H,2H2,1H3,(H,9,10,11). The van der Waals surface area contributed by atoms with E-state index in [0.717, 1.165) is 17.5 Å². The Labute approximate surface area is 64.5 Å². The van der Waals surface area contributed by atoms with Gasteiger partial charge in [0.15, 0.2) is 0 Å². The molecule has 56 valence electrons. The van der Waals surface area contributed by atoms with Gasteiger partial charge in [0.25, 0.3) is 0 Å². The van der Waals surface area contributed by atoms with Gasteiger partial charge in [0.05, 0.1) is 0 Å². The molecule has 0 atom stereocenters. The van der Waals surface area contributed by atoms with E-state index in [1.165, 1.54) is 5.56 Å². The molecule has 2 heterocycles. The van der Waals surface area contributed by atoms with Crippen LogP contribution in [0.4, 0.5) is 0 Å². The molecule has 0 bridgehead atoms. The first-order valence-electron chi connectivity index (χ1n) is 3.67. The number of aromatic amines is 1. The van der Waals surface area contributed by atoms with E-state index in [1.807, 2.05) is 12.4 Å². The van der Waals surface area contributed by atoms with Gasteiger partial charge < -0.3 is 4.98 Å². The zero-order chi connectivity index (χ0) is 7.68. The maximum atomic E-state index is 4.08. The number of aryl methyl sites for hydroxylation is 1. The topological polar surface area (TPSA) is 41.6 Å². The van der Waals surface area contributed by atoms with Crippen LogP contribution in [0, 0.1) is 0 Å². The van der Waals surface area contributed by atoms with E-state index in [1.54, 1.807) is 6.33 Å². The Morgan fingerprint density at radius 3 is 3.27 bits per heavy atom. The lowest BCUT2D eigenvalue weighted by Crippen LogP contribution is -1.79. The Morgan fingerprint density at radius 1 is 1.55 bits per heavy atom. The molecule has 0 aliphatic heterocycles. The molecule has 0 amide bonds. The number of aromatic nitrogens is 3. The molecule has 0 spiro atoms. The third-order valence-electron chi connectivity index (χ3n) is 1.82.